The molecule has 1 atom stereocenters. The zero-order valence-corrected chi connectivity index (χ0v) is 21.7. The van der Waals surface area contributed by atoms with Gasteiger partial charge in [-0.2, -0.15) is 0 Å². The van der Waals surface area contributed by atoms with Crippen molar-refractivity contribution in [1.29, 1.82) is 0 Å². The average Bonchev–Trinajstić information content (AvgIpc) is 3.21. The lowest BCUT2D eigenvalue weighted by molar-refractivity contribution is -0.132. The van der Waals surface area contributed by atoms with Crippen LogP contribution >= 0.6 is 0 Å². The molecular weight excluding hydrogens is 478 g/mol. The molecule has 0 aromatic heterocycles. The number of hydrogen-bond donors (Lipinski definition) is 1. The van der Waals surface area contributed by atoms with E-state index in [1.54, 1.807) is 24.3 Å². The lowest BCUT2D eigenvalue weighted by atomic mass is 9.88. The fourth-order valence-corrected chi connectivity index (χ4v) is 5.33. The summed E-state index contributed by atoms with van der Waals surface area (Å²) in [5.41, 5.74) is 5.53. The van der Waals surface area contributed by atoms with Crippen LogP contribution in [-0.4, -0.2) is 29.4 Å². The topological polar surface area (TPSA) is 83.9 Å². The standard InChI is InChI=1S/C32H31NO5/c1-3-17-38-32(37)22-13-15-26(16-14-22)33-28(24-10-6-7-20(2)18-24)27(30(35)31(33)36)29(34)25-12-11-21-8-4-5-9-23(21)19-25/h6-7,10-16,18-19,28,34H,3-5,8-9,17H2,1-2H3/b29-27-. The van der Waals surface area contributed by atoms with E-state index in [0.29, 0.717) is 23.4 Å². The summed E-state index contributed by atoms with van der Waals surface area (Å²) >= 11 is 0. The van der Waals surface area contributed by atoms with E-state index >= 15 is 0 Å². The largest absolute Gasteiger partial charge is 0.507 e. The Morgan fingerprint density at radius 3 is 2.37 bits per heavy atom. The van der Waals surface area contributed by atoms with Gasteiger partial charge >= 0.3 is 5.97 Å². The molecule has 0 saturated carbocycles. The number of ether oxygens (including phenoxy) is 1. The minimum Gasteiger partial charge on any atom is -0.507 e. The van der Waals surface area contributed by atoms with Crippen molar-refractivity contribution < 1.29 is 24.2 Å². The molecular formula is C32H31NO5. The second-order valence-electron chi connectivity index (χ2n) is 9.96. The fraction of sp³-hybridized carbons (Fsp3) is 0.281. The number of benzene rings is 3. The number of esters is 1. The molecule has 6 heteroatoms. The molecule has 1 N–H and O–H groups in total. The predicted molar refractivity (Wildman–Crippen MR) is 146 cm³/mol. The number of Topliss-reactive ketones (excluding diaryl/α,β-unsaturated/α-hetero) is 1. The second kappa shape index (κ2) is 10.7. The van der Waals surface area contributed by atoms with Gasteiger partial charge in [0, 0.05) is 11.3 Å². The Bertz CT molecular complexity index is 1440. The molecule has 6 nitrogen and oxygen atoms in total. The highest BCUT2D eigenvalue weighted by molar-refractivity contribution is 6.51. The highest BCUT2D eigenvalue weighted by Gasteiger charge is 2.47. The fourth-order valence-electron chi connectivity index (χ4n) is 5.33. The number of carbonyl (C=O) groups is 3. The number of aryl methyl sites for hydroxylation is 3. The summed E-state index contributed by atoms with van der Waals surface area (Å²) in [5.74, 6) is -2.08. The van der Waals surface area contributed by atoms with E-state index in [9.17, 15) is 19.5 Å². The molecule has 3 aromatic rings. The Balaban J connectivity index is 1.60. The van der Waals surface area contributed by atoms with Crippen molar-refractivity contribution >= 4 is 29.1 Å². The number of nitrogens with zero attached hydrogens (tertiary/aromatic N) is 1. The van der Waals surface area contributed by atoms with Crippen LogP contribution in [0.5, 0.6) is 0 Å². The predicted octanol–water partition coefficient (Wildman–Crippen LogP) is 6.07. The van der Waals surface area contributed by atoms with Crippen molar-refractivity contribution in [1.82, 2.24) is 0 Å². The maximum atomic E-state index is 13.5. The quantitative estimate of drug-likeness (QED) is 0.189. The first kappa shape index (κ1) is 25.5. The van der Waals surface area contributed by atoms with Gasteiger partial charge in [-0.05, 0) is 86.1 Å². The van der Waals surface area contributed by atoms with Crippen LogP contribution < -0.4 is 4.90 Å². The molecule has 2 aliphatic rings. The highest BCUT2D eigenvalue weighted by Crippen LogP contribution is 2.42. The molecule has 1 amide bonds. The second-order valence-corrected chi connectivity index (χ2v) is 9.96. The van der Waals surface area contributed by atoms with Gasteiger partial charge in [-0.25, -0.2) is 4.79 Å². The molecule has 3 aromatic carbocycles. The van der Waals surface area contributed by atoms with Crippen molar-refractivity contribution in [2.45, 2.75) is 52.0 Å². The van der Waals surface area contributed by atoms with Gasteiger partial charge in [-0.1, -0.05) is 48.9 Å². The van der Waals surface area contributed by atoms with Crippen LogP contribution in [0.4, 0.5) is 5.69 Å². The lowest BCUT2D eigenvalue weighted by Gasteiger charge is -2.26. The molecule has 1 unspecified atom stereocenters. The Labute approximate surface area is 222 Å². The number of anilines is 1. The summed E-state index contributed by atoms with van der Waals surface area (Å²) in [6.07, 6.45) is 4.89. The summed E-state index contributed by atoms with van der Waals surface area (Å²) in [5, 5.41) is 11.5. The van der Waals surface area contributed by atoms with Crippen molar-refractivity contribution in [3.63, 3.8) is 0 Å². The van der Waals surface area contributed by atoms with Crippen molar-refractivity contribution in [2.24, 2.45) is 0 Å². The molecule has 1 aliphatic heterocycles. The van der Waals surface area contributed by atoms with Gasteiger partial charge < -0.3 is 9.84 Å². The van der Waals surface area contributed by atoms with Gasteiger partial charge in [0.15, 0.2) is 0 Å². The first-order valence-corrected chi connectivity index (χ1v) is 13.2. The van der Waals surface area contributed by atoms with E-state index in [4.69, 9.17) is 4.74 Å². The lowest BCUT2D eigenvalue weighted by Crippen LogP contribution is -2.29. The molecule has 5 rings (SSSR count). The van der Waals surface area contributed by atoms with Crippen LogP contribution in [0.2, 0.25) is 0 Å². The van der Waals surface area contributed by atoms with Crippen LogP contribution in [0.1, 0.15) is 70.4 Å². The summed E-state index contributed by atoms with van der Waals surface area (Å²) in [7, 11) is 0. The number of hydrogen-bond acceptors (Lipinski definition) is 5. The molecule has 0 radical (unpaired) electrons. The van der Waals surface area contributed by atoms with Crippen molar-refractivity contribution in [3.8, 4) is 0 Å². The molecule has 194 valence electrons. The van der Waals surface area contributed by atoms with Crippen LogP contribution in [-0.2, 0) is 27.2 Å². The first-order chi connectivity index (χ1) is 18.4. The molecule has 1 aliphatic carbocycles. The van der Waals surface area contributed by atoms with Crippen LogP contribution in [0.15, 0.2) is 72.3 Å². The van der Waals surface area contributed by atoms with E-state index in [-0.39, 0.29) is 11.3 Å². The molecule has 38 heavy (non-hydrogen) atoms. The number of ketones is 1. The number of aliphatic hydroxyl groups is 1. The van der Waals surface area contributed by atoms with E-state index in [1.165, 1.54) is 16.0 Å². The SMILES string of the molecule is CCCOC(=O)c1ccc(N2C(=O)C(=O)/C(=C(\O)c3ccc4c(c3)CCCC4)C2c2cccc(C)c2)cc1. The summed E-state index contributed by atoms with van der Waals surface area (Å²) in [6.45, 7) is 4.18. The van der Waals surface area contributed by atoms with Gasteiger partial charge in [0.2, 0.25) is 0 Å². The minimum absolute atomic E-state index is 0.0581. The van der Waals surface area contributed by atoms with E-state index in [0.717, 1.165) is 43.2 Å². The van der Waals surface area contributed by atoms with Crippen molar-refractivity contribution in [2.75, 3.05) is 11.5 Å². The smallest absolute Gasteiger partial charge is 0.338 e. The number of fused-ring (bicyclic) bond motifs is 1. The summed E-state index contributed by atoms with van der Waals surface area (Å²) in [4.78, 5) is 40.6. The van der Waals surface area contributed by atoms with E-state index in [2.05, 4.69) is 0 Å². The molecule has 1 saturated heterocycles. The summed E-state index contributed by atoms with van der Waals surface area (Å²) in [6, 6.07) is 19.0. The van der Waals surface area contributed by atoms with E-state index in [1.807, 2.05) is 56.3 Å². The van der Waals surface area contributed by atoms with Gasteiger partial charge in [0.1, 0.15) is 5.76 Å². The minimum atomic E-state index is -0.816. The molecule has 1 fully saturated rings. The third-order valence-corrected chi connectivity index (χ3v) is 7.24. The van der Waals surface area contributed by atoms with Gasteiger partial charge in [0.25, 0.3) is 11.7 Å². The average molecular weight is 510 g/mol. The first-order valence-electron chi connectivity index (χ1n) is 13.2. The molecule has 0 bridgehead atoms. The molecule has 1 heterocycles. The monoisotopic (exact) mass is 509 g/mol. The van der Waals surface area contributed by atoms with Crippen LogP contribution in [0.3, 0.4) is 0 Å². The normalized spacial score (nSPS) is 18.4. The van der Waals surface area contributed by atoms with Crippen LogP contribution in [0.25, 0.3) is 5.76 Å². The Morgan fingerprint density at radius 1 is 0.947 bits per heavy atom. The van der Waals surface area contributed by atoms with Gasteiger partial charge in [-0.15, -0.1) is 0 Å². The maximum absolute atomic E-state index is 13.5. The maximum Gasteiger partial charge on any atom is 0.338 e. The Hall–Kier alpha value is -4.19. The third-order valence-electron chi connectivity index (χ3n) is 7.24. The van der Waals surface area contributed by atoms with Crippen LogP contribution in [0, 0.1) is 6.92 Å². The van der Waals surface area contributed by atoms with Gasteiger partial charge in [0.05, 0.1) is 23.8 Å². The summed E-state index contributed by atoms with van der Waals surface area (Å²) < 4.78 is 5.21. The number of rotatable bonds is 6. The highest BCUT2D eigenvalue weighted by atomic mass is 16.5. The number of amides is 1. The van der Waals surface area contributed by atoms with Gasteiger partial charge in [-0.3, -0.25) is 14.5 Å². The molecule has 0 spiro atoms. The van der Waals surface area contributed by atoms with Crippen molar-refractivity contribution in [3.05, 3.63) is 106 Å². The third kappa shape index (κ3) is 4.74. The van der Waals surface area contributed by atoms with E-state index < -0.39 is 23.7 Å². The Morgan fingerprint density at radius 2 is 1.66 bits per heavy atom. The zero-order valence-electron chi connectivity index (χ0n) is 21.7. The Kier molecular flexibility index (Phi) is 7.14. The number of aliphatic hydroxyl groups excluding tert-OH is 1. The zero-order chi connectivity index (χ0) is 26.8. The number of carbonyl (C=O) groups excluding carboxylic acids is 3.